The molecule has 1 aromatic rings. The van der Waals surface area contributed by atoms with Crippen LogP contribution in [0.15, 0.2) is 30.3 Å². The highest BCUT2D eigenvalue weighted by molar-refractivity contribution is 5.93. The van der Waals surface area contributed by atoms with Gasteiger partial charge in [0.15, 0.2) is 0 Å². The van der Waals surface area contributed by atoms with Gasteiger partial charge < -0.3 is 5.32 Å². The van der Waals surface area contributed by atoms with Gasteiger partial charge in [0.1, 0.15) is 0 Å². The van der Waals surface area contributed by atoms with Gasteiger partial charge in [0.25, 0.3) is 0 Å². The van der Waals surface area contributed by atoms with E-state index in [-0.39, 0.29) is 11.9 Å². The Hall–Kier alpha value is -1.57. The van der Waals surface area contributed by atoms with Crippen LogP contribution in [-0.2, 0) is 4.79 Å². The van der Waals surface area contributed by atoms with Crippen molar-refractivity contribution in [1.82, 2.24) is 5.32 Å². The van der Waals surface area contributed by atoms with Gasteiger partial charge in [-0.25, -0.2) is 0 Å². The number of amides is 1. The topological polar surface area (TPSA) is 29.1 Å². The molecular weight excluding hydrogens is 222 g/mol. The second-order valence-corrected chi connectivity index (χ2v) is 4.87. The van der Waals surface area contributed by atoms with Crippen LogP contribution in [0, 0.1) is 0 Å². The first-order valence-corrected chi connectivity index (χ1v) is 6.88. The molecule has 1 atom stereocenters. The summed E-state index contributed by atoms with van der Waals surface area (Å²) in [4.78, 5) is 11.7. The van der Waals surface area contributed by atoms with E-state index in [0.29, 0.717) is 0 Å². The predicted molar refractivity (Wildman–Crippen MR) is 75.1 cm³/mol. The molecule has 2 heteroatoms. The quantitative estimate of drug-likeness (QED) is 0.782. The van der Waals surface area contributed by atoms with E-state index in [1.165, 1.54) is 31.2 Å². The maximum absolute atomic E-state index is 11.7. The van der Waals surface area contributed by atoms with Crippen LogP contribution < -0.4 is 5.32 Å². The van der Waals surface area contributed by atoms with E-state index in [0.717, 1.165) is 12.0 Å². The minimum Gasteiger partial charge on any atom is -0.346 e. The molecule has 0 aliphatic carbocycles. The fourth-order valence-corrected chi connectivity index (χ4v) is 2.45. The van der Waals surface area contributed by atoms with Gasteiger partial charge in [0, 0.05) is 6.08 Å². The fraction of sp³-hybridized carbons (Fsp3) is 0.438. The number of hydrogen-bond donors (Lipinski definition) is 1. The number of unbranched alkanes of at least 4 members (excludes halogenated alkanes) is 3. The maximum atomic E-state index is 11.7. The Labute approximate surface area is 109 Å². The number of nitrogens with one attached hydrogen (secondary N) is 1. The van der Waals surface area contributed by atoms with Crippen molar-refractivity contribution in [2.75, 3.05) is 0 Å². The van der Waals surface area contributed by atoms with Crippen LogP contribution in [0.5, 0.6) is 0 Å². The SMILES string of the molecule is CCCCCC[C@H]1NC(=O)C=Cc2ccccc21. The smallest absolute Gasteiger partial charge is 0.244 e. The summed E-state index contributed by atoms with van der Waals surface area (Å²) in [7, 11) is 0. The van der Waals surface area contributed by atoms with Gasteiger partial charge in [-0.2, -0.15) is 0 Å². The molecule has 2 rings (SSSR count). The zero-order valence-corrected chi connectivity index (χ0v) is 11.0. The van der Waals surface area contributed by atoms with Gasteiger partial charge in [0.2, 0.25) is 5.91 Å². The number of carbonyl (C=O) groups is 1. The van der Waals surface area contributed by atoms with Gasteiger partial charge in [0.05, 0.1) is 6.04 Å². The summed E-state index contributed by atoms with van der Waals surface area (Å²) in [5.41, 5.74) is 2.41. The third kappa shape index (κ3) is 3.22. The van der Waals surface area contributed by atoms with E-state index in [9.17, 15) is 4.79 Å². The van der Waals surface area contributed by atoms with E-state index >= 15 is 0 Å². The summed E-state index contributed by atoms with van der Waals surface area (Å²) < 4.78 is 0. The summed E-state index contributed by atoms with van der Waals surface area (Å²) >= 11 is 0. The van der Waals surface area contributed by atoms with E-state index in [2.05, 4.69) is 24.4 Å². The molecule has 1 aliphatic heterocycles. The average molecular weight is 243 g/mol. The van der Waals surface area contributed by atoms with Gasteiger partial charge in [-0.15, -0.1) is 0 Å². The molecule has 0 aromatic heterocycles. The van der Waals surface area contributed by atoms with E-state index in [1.807, 2.05) is 18.2 Å². The summed E-state index contributed by atoms with van der Waals surface area (Å²) in [6.07, 6.45) is 9.52. The van der Waals surface area contributed by atoms with E-state index < -0.39 is 0 Å². The van der Waals surface area contributed by atoms with E-state index in [4.69, 9.17) is 0 Å². The number of hydrogen-bond acceptors (Lipinski definition) is 1. The highest BCUT2D eigenvalue weighted by atomic mass is 16.1. The summed E-state index contributed by atoms with van der Waals surface area (Å²) in [5.74, 6) is 0.0201. The van der Waals surface area contributed by atoms with Gasteiger partial charge in [-0.3, -0.25) is 4.79 Å². The zero-order valence-electron chi connectivity index (χ0n) is 11.0. The molecule has 0 saturated heterocycles. The molecule has 1 aliphatic rings. The first-order chi connectivity index (χ1) is 8.81. The highest BCUT2D eigenvalue weighted by Gasteiger charge is 2.17. The minimum atomic E-state index is 0.0201. The third-order valence-corrected chi connectivity index (χ3v) is 3.45. The molecule has 0 bridgehead atoms. The molecule has 0 unspecified atom stereocenters. The monoisotopic (exact) mass is 243 g/mol. The largest absolute Gasteiger partial charge is 0.346 e. The second kappa shape index (κ2) is 6.39. The lowest BCUT2D eigenvalue weighted by molar-refractivity contribution is -0.117. The number of benzene rings is 1. The second-order valence-electron chi connectivity index (χ2n) is 4.87. The van der Waals surface area contributed by atoms with Gasteiger partial charge >= 0.3 is 0 Å². The Bertz CT molecular complexity index is 436. The van der Waals surface area contributed by atoms with Gasteiger partial charge in [-0.05, 0) is 23.6 Å². The van der Waals surface area contributed by atoms with Crippen LogP contribution in [0.4, 0.5) is 0 Å². The Morgan fingerprint density at radius 1 is 1.11 bits per heavy atom. The highest BCUT2D eigenvalue weighted by Crippen LogP contribution is 2.26. The van der Waals surface area contributed by atoms with Crippen molar-refractivity contribution in [2.24, 2.45) is 0 Å². The average Bonchev–Trinajstić information content (AvgIpc) is 2.55. The van der Waals surface area contributed by atoms with Crippen molar-refractivity contribution in [2.45, 2.75) is 45.1 Å². The van der Waals surface area contributed by atoms with Crippen LogP contribution in [0.3, 0.4) is 0 Å². The molecule has 1 N–H and O–H groups in total. The molecule has 2 nitrogen and oxygen atoms in total. The first kappa shape index (κ1) is 12.9. The molecular formula is C16H21NO. The van der Waals surface area contributed by atoms with Crippen molar-refractivity contribution < 1.29 is 4.79 Å². The van der Waals surface area contributed by atoms with Gasteiger partial charge in [-0.1, -0.05) is 56.9 Å². The van der Waals surface area contributed by atoms with Crippen LogP contribution in [-0.4, -0.2) is 5.91 Å². The first-order valence-electron chi connectivity index (χ1n) is 6.88. The van der Waals surface area contributed by atoms with E-state index in [1.54, 1.807) is 6.08 Å². The Morgan fingerprint density at radius 3 is 2.78 bits per heavy atom. The third-order valence-electron chi connectivity index (χ3n) is 3.45. The Balaban J connectivity index is 2.07. The summed E-state index contributed by atoms with van der Waals surface area (Å²) in [6.45, 7) is 2.21. The van der Waals surface area contributed by atoms with Crippen LogP contribution in [0.1, 0.15) is 56.2 Å². The minimum absolute atomic E-state index is 0.0201. The Morgan fingerprint density at radius 2 is 1.94 bits per heavy atom. The molecule has 0 fully saturated rings. The number of rotatable bonds is 5. The molecule has 1 amide bonds. The normalized spacial score (nSPS) is 18.1. The van der Waals surface area contributed by atoms with Crippen molar-refractivity contribution in [3.8, 4) is 0 Å². The van der Waals surface area contributed by atoms with Crippen LogP contribution in [0.2, 0.25) is 0 Å². The standard InChI is InChI=1S/C16H21NO/c1-2-3-4-5-10-15-14-9-7-6-8-13(14)11-12-16(18)17-15/h6-9,11-12,15H,2-5,10H2,1H3,(H,17,18)/t15-/m1/s1. The summed E-state index contributed by atoms with van der Waals surface area (Å²) in [6, 6.07) is 8.43. The molecule has 1 heterocycles. The fourth-order valence-electron chi connectivity index (χ4n) is 2.45. The molecule has 0 radical (unpaired) electrons. The zero-order chi connectivity index (χ0) is 12.8. The predicted octanol–water partition coefficient (Wildman–Crippen LogP) is 3.84. The van der Waals surface area contributed by atoms with Crippen LogP contribution >= 0.6 is 0 Å². The Kier molecular flexibility index (Phi) is 4.57. The molecule has 0 spiro atoms. The lowest BCUT2D eigenvalue weighted by Crippen LogP contribution is -2.25. The molecule has 1 aromatic carbocycles. The maximum Gasteiger partial charge on any atom is 0.244 e. The lowest BCUT2D eigenvalue weighted by Gasteiger charge is -2.18. The molecule has 96 valence electrons. The van der Waals surface area contributed by atoms with Crippen LogP contribution in [0.25, 0.3) is 6.08 Å². The lowest BCUT2D eigenvalue weighted by atomic mass is 9.96. The van der Waals surface area contributed by atoms with Crippen molar-refractivity contribution >= 4 is 12.0 Å². The molecule has 18 heavy (non-hydrogen) atoms. The number of carbonyl (C=O) groups excluding carboxylic acids is 1. The van der Waals surface area contributed by atoms with Crippen molar-refractivity contribution in [1.29, 1.82) is 0 Å². The van der Waals surface area contributed by atoms with Crippen molar-refractivity contribution in [3.63, 3.8) is 0 Å². The molecule has 0 saturated carbocycles. The number of fused-ring (bicyclic) bond motifs is 1. The van der Waals surface area contributed by atoms with Crippen molar-refractivity contribution in [3.05, 3.63) is 41.5 Å². The summed E-state index contributed by atoms with van der Waals surface area (Å²) in [5, 5.41) is 3.09.